The molecule has 0 aromatic heterocycles. The third kappa shape index (κ3) is 3.54. The molecule has 0 radical (unpaired) electrons. The van der Waals surface area contributed by atoms with E-state index in [1.807, 2.05) is 66.5 Å². The molecule has 3 N–H and O–H groups in total. The molecule has 1 atom stereocenters. The molecule has 0 amide bonds. The lowest BCUT2D eigenvalue weighted by Gasteiger charge is -2.33. The van der Waals surface area contributed by atoms with E-state index in [1.54, 1.807) is 7.11 Å². The Bertz CT molecular complexity index is 557. The van der Waals surface area contributed by atoms with Crippen molar-refractivity contribution >= 4 is 5.69 Å². The van der Waals surface area contributed by atoms with Crippen LogP contribution < -0.4 is 15.4 Å². The molecule has 0 heterocycles. The molecule has 0 aliphatic heterocycles. The van der Waals surface area contributed by atoms with Gasteiger partial charge in [-0.05, 0) is 29.8 Å². The highest BCUT2D eigenvalue weighted by atomic mass is 16.5. The normalized spacial score (nSPS) is 13.5. The van der Waals surface area contributed by atoms with Crippen LogP contribution in [0.25, 0.3) is 0 Å². The maximum absolute atomic E-state index is 9.75. The van der Waals surface area contributed by atoms with E-state index in [0.29, 0.717) is 6.54 Å². The number of nitrogens with zero attached hydrogens (tertiary/aromatic N) is 1. The number of anilines is 1. The number of aliphatic hydroxyl groups is 1. The number of hydrogen-bond donors (Lipinski definition) is 2. The quantitative estimate of drug-likeness (QED) is 0.852. The third-order valence-electron chi connectivity index (χ3n) is 3.66. The predicted molar refractivity (Wildman–Crippen MR) is 85.7 cm³/mol. The van der Waals surface area contributed by atoms with Gasteiger partial charge in [-0.1, -0.05) is 30.3 Å². The monoisotopic (exact) mass is 286 g/mol. The Morgan fingerprint density at radius 3 is 2.24 bits per heavy atom. The van der Waals surface area contributed by atoms with E-state index < -0.39 is 5.54 Å². The van der Waals surface area contributed by atoms with E-state index in [1.165, 1.54) is 0 Å². The van der Waals surface area contributed by atoms with Gasteiger partial charge in [-0.15, -0.1) is 0 Å². The molecule has 0 saturated carbocycles. The van der Waals surface area contributed by atoms with Crippen molar-refractivity contribution in [2.75, 3.05) is 32.2 Å². The molecule has 2 rings (SSSR count). The Labute approximate surface area is 125 Å². The Morgan fingerprint density at radius 1 is 1.10 bits per heavy atom. The number of methoxy groups -OCH3 is 1. The third-order valence-corrected chi connectivity index (χ3v) is 3.66. The molecule has 2 aromatic carbocycles. The van der Waals surface area contributed by atoms with Gasteiger partial charge in [0.25, 0.3) is 0 Å². The van der Waals surface area contributed by atoms with Gasteiger partial charge in [0.05, 0.1) is 19.3 Å². The largest absolute Gasteiger partial charge is 0.497 e. The summed E-state index contributed by atoms with van der Waals surface area (Å²) in [4.78, 5) is 2.03. The highest BCUT2D eigenvalue weighted by Crippen LogP contribution is 2.23. The van der Waals surface area contributed by atoms with Gasteiger partial charge in [0.1, 0.15) is 5.75 Å². The van der Waals surface area contributed by atoms with Crippen molar-refractivity contribution in [2.45, 2.75) is 5.54 Å². The first-order valence-electron chi connectivity index (χ1n) is 6.89. The molecular weight excluding hydrogens is 264 g/mol. The summed E-state index contributed by atoms with van der Waals surface area (Å²) in [6, 6.07) is 17.4. The zero-order chi connectivity index (χ0) is 15.3. The van der Waals surface area contributed by atoms with E-state index in [0.717, 1.165) is 17.0 Å². The van der Waals surface area contributed by atoms with Crippen LogP contribution in [0.4, 0.5) is 5.69 Å². The number of hydrogen-bond acceptors (Lipinski definition) is 4. The van der Waals surface area contributed by atoms with Gasteiger partial charge >= 0.3 is 0 Å². The van der Waals surface area contributed by atoms with Crippen LogP contribution in [0.15, 0.2) is 54.6 Å². The summed E-state index contributed by atoms with van der Waals surface area (Å²) >= 11 is 0. The molecule has 4 nitrogen and oxygen atoms in total. The predicted octanol–water partition coefficient (Wildman–Crippen LogP) is 1.98. The van der Waals surface area contributed by atoms with Crippen molar-refractivity contribution in [1.29, 1.82) is 0 Å². The molecule has 1 unspecified atom stereocenters. The molecule has 112 valence electrons. The van der Waals surface area contributed by atoms with Gasteiger partial charge in [-0.2, -0.15) is 0 Å². The Morgan fingerprint density at radius 2 is 1.71 bits per heavy atom. The molecule has 0 aliphatic rings. The number of nitrogens with two attached hydrogens (primary N) is 1. The van der Waals surface area contributed by atoms with Crippen LogP contribution >= 0.6 is 0 Å². The van der Waals surface area contributed by atoms with Gasteiger partial charge in [-0.25, -0.2) is 0 Å². The van der Waals surface area contributed by atoms with Crippen molar-refractivity contribution in [3.05, 3.63) is 60.2 Å². The van der Waals surface area contributed by atoms with Crippen molar-refractivity contribution in [3.8, 4) is 5.75 Å². The number of ether oxygens (including phenoxy) is 1. The van der Waals surface area contributed by atoms with Crippen LogP contribution in [0.2, 0.25) is 0 Å². The fraction of sp³-hybridized carbons (Fsp3) is 0.294. The smallest absolute Gasteiger partial charge is 0.119 e. The van der Waals surface area contributed by atoms with Gasteiger partial charge in [-0.3, -0.25) is 0 Å². The maximum Gasteiger partial charge on any atom is 0.119 e. The van der Waals surface area contributed by atoms with E-state index in [2.05, 4.69) is 0 Å². The average Bonchev–Trinajstić information content (AvgIpc) is 2.55. The van der Waals surface area contributed by atoms with Gasteiger partial charge in [0.15, 0.2) is 0 Å². The summed E-state index contributed by atoms with van der Waals surface area (Å²) in [5.74, 6) is 0.816. The minimum Gasteiger partial charge on any atom is -0.497 e. The van der Waals surface area contributed by atoms with Gasteiger partial charge in [0.2, 0.25) is 0 Å². The molecule has 0 aliphatic carbocycles. The van der Waals surface area contributed by atoms with E-state index in [4.69, 9.17) is 10.5 Å². The van der Waals surface area contributed by atoms with Crippen LogP contribution in [-0.2, 0) is 5.54 Å². The Hall–Kier alpha value is -2.04. The van der Waals surface area contributed by atoms with E-state index in [9.17, 15) is 5.11 Å². The van der Waals surface area contributed by atoms with Crippen LogP contribution in [0.3, 0.4) is 0 Å². The second kappa shape index (κ2) is 6.61. The first-order chi connectivity index (χ1) is 10.1. The van der Waals surface area contributed by atoms with Gasteiger partial charge < -0.3 is 20.5 Å². The summed E-state index contributed by atoms with van der Waals surface area (Å²) in [6.07, 6.45) is 0. The Balaban J connectivity index is 2.17. The van der Waals surface area contributed by atoms with Crippen LogP contribution in [0, 0.1) is 0 Å². The van der Waals surface area contributed by atoms with Crippen LogP contribution in [0.5, 0.6) is 5.75 Å². The summed E-state index contributed by atoms with van der Waals surface area (Å²) in [5.41, 5.74) is 7.55. The number of benzene rings is 2. The molecule has 0 fully saturated rings. The zero-order valence-corrected chi connectivity index (χ0v) is 12.5. The van der Waals surface area contributed by atoms with E-state index >= 15 is 0 Å². The topological polar surface area (TPSA) is 58.7 Å². The molecule has 2 aromatic rings. The maximum atomic E-state index is 9.75. The highest BCUT2D eigenvalue weighted by molar-refractivity contribution is 5.49. The lowest BCUT2D eigenvalue weighted by Crippen LogP contribution is -2.49. The van der Waals surface area contributed by atoms with Crippen molar-refractivity contribution in [2.24, 2.45) is 5.73 Å². The van der Waals surface area contributed by atoms with Crippen molar-refractivity contribution in [1.82, 2.24) is 0 Å². The van der Waals surface area contributed by atoms with Gasteiger partial charge in [0, 0.05) is 19.3 Å². The first kappa shape index (κ1) is 15.4. The first-order valence-corrected chi connectivity index (χ1v) is 6.89. The fourth-order valence-corrected chi connectivity index (χ4v) is 2.35. The number of rotatable bonds is 6. The molecule has 0 saturated heterocycles. The zero-order valence-electron chi connectivity index (χ0n) is 12.5. The van der Waals surface area contributed by atoms with E-state index in [-0.39, 0.29) is 6.61 Å². The standard InChI is InChI=1S/C17H22N2O2/c1-19(15-8-10-16(21-2)11-9-15)12-17(18,13-20)14-6-4-3-5-7-14/h3-11,20H,12-13,18H2,1-2H3. The number of likely N-dealkylation sites (N-methyl/N-ethyl adjacent to an activating group) is 1. The number of aliphatic hydroxyl groups excluding tert-OH is 1. The average molecular weight is 286 g/mol. The van der Waals surface area contributed by atoms with Crippen LogP contribution in [0.1, 0.15) is 5.56 Å². The molecule has 0 bridgehead atoms. The minimum atomic E-state index is -0.796. The van der Waals surface area contributed by atoms with Crippen LogP contribution in [-0.4, -0.2) is 32.4 Å². The summed E-state index contributed by atoms with van der Waals surface area (Å²) in [7, 11) is 3.60. The van der Waals surface area contributed by atoms with Crippen molar-refractivity contribution < 1.29 is 9.84 Å². The highest BCUT2D eigenvalue weighted by Gasteiger charge is 2.28. The van der Waals surface area contributed by atoms with Crippen molar-refractivity contribution in [3.63, 3.8) is 0 Å². The Kier molecular flexibility index (Phi) is 4.83. The SMILES string of the molecule is COc1ccc(N(C)CC(N)(CO)c2ccccc2)cc1. The lowest BCUT2D eigenvalue weighted by molar-refractivity contribution is 0.200. The molecular formula is C17H22N2O2. The minimum absolute atomic E-state index is 0.114. The molecule has 0 spiro atoms. The summed E-state index contributed by atoms with van der Waals surface area (Å²) in [6.45, 7) is 0.400. The second-order valence-electron chi connectivity index (χ2n) is 5.23. The fourth-order valence-electron chi connectivity index (χ4n) is 2.35. The second-order valence-corrected chi connectivity index (χ2v) is 5.23. The molecule has 4 heteroatoms. The lowest BCUT2D eigenvalue weighted by atomic mass is 9.91. The summed E-state index contributed by atoms with van der Waals surface area (Å²) < 4.78 is 5.16. The summed E-state index contributed by atoms with van der Waals surface area (Å²) in [5, 5.41) is 9.75. The molecule has 21 heavy (non-hydrogen) atoms.